The summed E-state index contributed by atoms with van der Waals surface area (Å²) in [4.78, 5) is 12.6. The highest BCUT2D eigenvalue weighted by atomic mass is 16.5. The Morgan fingerprint density at radius 1 is 1.04 bits per heavy atom. The molecular formula is C22H21NO2. The van der Waals surface area contributed by atoms with E-state index in [1.54, 1.807) is 6.92 Å². The molecule has 3 aromatic carbocycles. The average molecular weight is 331 g/mol. The second-order valence-corrected chi connectivity index (χ2v) is 6.68. The van der Waals surface area contributed by atoms with Gasteiger partial charge in [-0.15, -0.1) is 0 Å². The number of carbonyl (C=O) groups excluding carboxylic acids is 1. The number of benzene rings is 3. The van der Waals surface area contributed by atoms with Gasteiger partial charge in [0.2, 0.25) is 0 Å². The van der Waals surface area contributed by atoms with Crippen molar-refractivity contribution >= 4 is 22.4 Å². The molecule has 0 unspecified atom stereocenters. The largest absolute Gasteiger partial charge is 0.481 e. The minimum absolute atomic E-state index is 0.139. The molecule has 1 amide bonds. The molecular weight excluding hydrogens is 310 g/mol. The third-order valence-electron chi connectivity index (χ3n) is 4.81. The lowest BCUT2D eigenvalue weighted by molar-refractivity contribution is -0.122. The maximum atomic E-state index is 12.6. The fourth-order valence-corrected chi connectivity index (χ4v) is 3.54. The normalized spacial score (nSPS) is 13.7. The number of nitrogens with one attached hydrogen (secondary N) is 1. The number of aryl methyl sites for hydroxylation is 3. The summed E-state index contributed by atoms with van der Waals surface area (Å²) >= 11 is 0. The van der Waals surface area contributed by atoms with E-state index in [2.05, 4.69) is 29.6 Å². The van der Waals surface area contributed by atoms with E-state index in [1.807, 2.05) is 37.3 Å². The highest BCUT2D eigenvalue weighted by molar-refractivity contribution is 6.06. The Morgan fingerprint density at radius 3 is 2.60 bits per heavy atom. The number of amides is 1. The van der Waals surface area contributed by atoms with Gasteiger partial charge in [-0.25, -0.2) is 0 Å². The van der Waals surface area contributed by atoms with Gasteiger partial charge in [0, 0.05) is 11.1 Å². The second-order valence-electron chi connectivity index (χ2n) is 6.68. The molecule has 0 fully saturated rings. The molecule has 1 N–H and O–H groups in total. The lowest BCUT2D eigenvalue weighted by atomic mass is 10.0. The van der Waals surface area contributed by atoms with Crippen molar-refractivity contribution in [3.8, 4) is 5.75 Å². The van der Waals surface area contributed by atoms with Crippen molar-refractivity contribution in [3.63, 3.8) is 0 Å². The van der Waals surface area contributed by atoms with Crippen molar-refractivity contribution in [1.82, 2.24) is 0 Å². The summed E-state index contributed by atoms with van der Waals surface area (Å²) in [7, 11) is 0. The standard InChI is InChI=1S/C22H21NO2/c1-14-5-3-7-18(13-14)25-15(2)22(24)23-20-12-11-17-10-9-16-6-4-8-19(20)21(16)17/h3-8,11-13,15H,9-10H2,1-2H3,(H,23,24)/t15-/m1/s1. The predicted octanol–water partition coefficient (Wildman–Crippen LogP) is 4.65. The molecule has 1 aliphatic rings. The zero-order valence-corrected chi connectivity index (χ0v) is 14.5. The van der Waals surface area contributed by atoms with Crippen molar-refractivity contribution in [2.45, 2.75) is 32.8 Å². The molecule has 0 aromatic heterocycles. The lowest BCUT2D eigenvalue weighted by Crippen LogP contribution is -2.30. The minimum atomic E-state index is -0.565. The minimum Gasteiger partial charge on any atom is -0.481 e. The van der Waals surface area contributed by atoms with E-state index in [0.29, 0.717) is 5.75 Å². The molecule has 0 saturated heterocycles. The Bertz CT molecular complexity index is 951. The monoisotopic (exact) mass is 331 g/mol. The predicted molar refractivity (Wildman–Crippen MR) is 101 cm³/mol. The van der Waals surface area contributed by atoms with Crippen LogP contribution >= 0.6 is 0 Å². The quantitative estimate of drug-likeness (QED) is 0.755. The van der Waals surface area contributed by atoms with Crippen molar-refractivity contribution in [1.29, 1.82) is 0 Å². The molecule has 0 bridgehead atoms. The summed E-state index contributed by atoms with van der Waals surface area (Å²) in [5.41, 5.74) is 4.70. The fourth-order valence-electron chi connectivity index (χ4n) is 3.54. The van der Waals surface area contributed by atoms with Gasteiger partial charge in [0.05, 0.1) is 0 Å². The van der Waals surface area contributed by atoms with Crippen molar-refractivity contribution in [2.75, 3.05) is 5.32 Å². The maximum Gasteiger partial charge on any atom is 0.265 e. The van der Waals surface area contributed by atoms with Gasteiger partial charge in [-0.05, 0) is 67.0 Å². The van der Waals surface area contributed by atoms with Crippen LogP contribution in [0.2, 0.25) is 0 Å². The van der Waals surface area contributed by atoms with Gasteiger partial charge in [-0.1, -0.05) is 36.4 Å². The Hall–Kier alpha value is -2.81. The van der Waals surface area contributed by atoms with Gasteiger partial charge >= 0.3 is 0 Å². The molecule has 1 atom stereocenters. The molecule has 3 heteroatoms. The number of hydrogen-bond acceptors (Lipinski definition) is 2. The molecule has 4 rings (SSSR count). The maximum absolute atomic E-state index is 12.6. The number of hydrogen-bond donors (Lipinski definition) is 1. The van der Waals surface area contributed by atoms with Crippen LogP contribution in [-0.4, -0.2) is 12.0 Å². The molecule has 1 aliphatic carbocycles. The van der Waals surface area contributed by atoms with Crippen LogP contribution in [-0.2, 0) is 17.6 Å². The highest BCUT2D eigenvalue weighted by Gasteiger charge is 2.19. The number of carbonyl (C=O) groups is 1. The van der Waals surface area contributed by atoms with Crippen molar-refractivity contribution in [3.05, 3.63) is 71.3 Å². The van der Waals surface area contributed by atoms with Gasteiger partial charge in [-0.3, -0.25) is 4.79 Å². The van der Waals surface area contributed by atoms with Crippen LogP contribution in [0.5, 0.6) is 5.75 Å². The van der Waals surface area contributed by atoms with Gasteiger partial charge in [0.15, 0.2) is 6.10 Å². The molecule has 126 valence electrons. The van der Waals surface area contributed by atoms with Crippen LogP contribution in [0.3, 0.4) is 0 Å². The first-order valence-corrected chi connectivity index (χ1v) is 8.69. The van der Waals surface area contributed by atoms with E-state index in [0.717, 1.165) is 29.5 Å². The van der Waals surface area contributed by atoms with Crippen molar-refractivity contribution in [2.24, 2.45) is 0 Å². The number of ether oxygens (including phenoxy) is 1. The third kappa shape index (κ3) is 2.98. The van der Waals surface area contributed by atoms with E-state index in [1.165, 1.54) is 16.5 Å². The van der Waals surface area contributed by atoms with E-state index >= 15 is 0 Å². The number of anilines is 1. The molecule has 25 heavy (non-hydrogen) atoms. The van der Waals surface area contributed by atoms with Crippen LogP contribution < -0.4 is 10.1 Å². The smallest absolute Gasteiger partial charge is 0.265 e. The zero-order chi connectivity index (χ0) is 17.4. The topological polar surface area (TPSA) is 38.3 Å². The SMILES string of the molecule is Cc1cccc(O[C@H](C)C(=O)Nc2ccc3c4c(cccc24)CC3)c1. The molecule has 3 nitrogen and oxygen atoms in total. The molecule has 0 radical (unpaired) electrons. The molecule has 3 aromatic rings. The highest BCUT2D eigenvalue weighted by Crippen LogP contribution is 2.35. The molecule has 0 spiro atoms. The van der Waals surface area contributed by atoms with Crippen LogP contribution in [0.25, 0.3) is 10.8 Å². The van der Waals surface area contributed by atoms with E-state index in [9.17, 15) is 4.79 Å². The Kier molecular flexibility index (Phi) is 3.92. The fraction of sp³-hybridized carbons (Fsp3) is 0.227. The first-order chi connectivity index (χ1) is 12.1. The van der Waals surface area contributed by atoms with Gasteiger partial charge < -0.3 is 10.1 Å². The lowest BCUT2D eigenvalue weighted by Gasteiger charge is -2.16. The Labute approximate surface area is 147 Å². The summed E-state index contributed by atoms with van der Waals surface area (Å²) < 4.78 is 5.79. The molecule has 0 saturated carbocycles. The van der Waals surface area contributed by atoms with Gasteiger partial charge in [0.25, 0.3) is 5.91 Å². The van der Waals surface area contributed by atoms with E-state index < -0.39 is 6.10 Å². The Balaban J connectivity index is 1.56. The molecule has 0 heterocycles. The zero-order valence-electron chi connectivity index (χ0n) is 14.5. The summed E-state index contributed by atoms with van der Waals surface area (Å²) in [6, 6.07) is 18.2. The van der Waals surface area contributed by atoms with E-state index in [-0.39, 0.29) is 5.91 Å². The number of rotatable bonds is 4. The first-order valence-electron chi connectivity index (χ1n) is 8.69. The Morgan fingerprint density at radius 2 is 1.80 bits per heavy atom. The summed E-state index contributed by atoms with van der Waals surface area (Å²) in [5.74, 6) is 0.572. The van der Waals surface area contributed by atoms with Crippen LogP contribution in [0, 0.1) is 6.92 Å². The molecule has 0 aliphatic heterocycles. The van der Waals surface area contributed by atoms with Gasteiger partial charge in [0.1, 0.15) is 5.75 Å². The van der Waals surface area contributed by atoms with Crippen LogP contribution in [0.4, 0.5) is 5.69 Å². The summed E-state index contributed by atoms with van der Waals surface area (Å²) in [6.45, 7) is 3.78. The van der Waals surface area contributed by atoms with Crippen LogP contribution in [0.1, 0.15) is 23.6 Å². The van der Waals surface area contributed by atoms with Crippen molar-refractivity contribution < 1.29 is 9.53 Å². The van der Waals surface area contributed by atoms with Crippen LogP contribution in [0.15, 0.2) is 54.6 Å². The van der Waals surface area contributed by atoms with Gasteiger partial charge in [-0.2, -0.15) is 0 Å². The third-order valence-corrected chi connectivity index (χ3v) is 4.81. The second kappa shape index (κ2) is 6.25. The average Bonchev–Trinajstić information content (AvgIpc) is 3.02. The summed E-state index contributed by atoms with van der Waals surface area (Å²) in [5, 5.41) is 5.45. The summed E-state index contributed by atoms with van der Waals surface area (Å²) in [6.07, 6.45) is 1.60. The van der Waals surface area contributed by atoms with E-state index in [4.69, 9.17) is 4.74 Å². The first kappa shape index (κ1) is 15.7.